The second-order valence-electron chi connectivity index (χ2n) is 4.26. The van der Waals surface area contributed by atoms with Gasteiger partial charge in [0.05, 0.1) is 11.7 Å². The van der Waals surface area contributed by atoms with Crippen LogP contribution in [0.5, 0.6) is 6.01 Å². The summed E-state index contributed by atoms with van der Waals surface area (Å²) in [4.78, 5) is 22.9. The van der Waals surface area contributed by atoms with E-state index in [0.717, 1.165) is 12.8 Å². The third-order valence-electron chi connectivity index (χ3n) is 2.84. The van der Waals surface area contributed by atoms with Crippen molar-refractivity contribution in [2.45, 2.75) is 38.1 Å². The van der Waals surface area contributed by atoms with Crippen LogP contribution in [-0.4, -0.2) is 28.3 Å². The Morgan fingerprint density at radius 3 is 2.94 bits per heavy atom. The summed E-state index contributed by atoms with van der Waals surface area (Å²) in [7, 11) is 0. The Morgan fingerprint density at radius 1 is 1.44 bits per heavy atom. The topological polar surface area (TPSA) is 90.5 Å². The lowest BCUT2D eigenvalue weighted by molar-refractivity contribution is 0.207. The highest BCUT2D eigenvalue weighted by Crippen LogP contribution is 2.20. The highest BCUT2D eigenvalue weighted by Gasteiger charge is 2.11. The van der Waals surface area contributed by atoms with E-state index in [1.165, 1.54) is 25.5 Å². The Hall–Kier alpha value is -1.98. The first-order valence-corrected chi connectivity index (χ1v) is 6.07. The predicted molar refractivity (Wildman–Crippen MR) is 66.7 cm³/mol. The van der Waals surface area contributed by atoms with E-state index in [-0.39, 0.29) is 6.01 Å². The minimum atomic E-state index is -0.920. The largest absolute Gasteiger partial charge is 0.412 e. The monoisotopic (exact) mass is 248 g/mol. The molecule has 0 spiro atoms. The van der Waals surface area contributed by atoms with E-state index < -0.39 is 6.09 Å². The van der Waals surface area contributed by atoms with Crippen LogP contribution in [0.2, 0.25) is 0 Å². The molecule has 1 aromatic rings. The predicted octanol–water partition coefficient (Wildman–Crippen LogP) is 1.69. The number of amides is 1. The van der Waals surface area contributed by atoms with Crippen LogP contribution in [0.4, 0.5) is 4.79 Å². The van der Waals surface area contributed by atoms with Gasteiger partial charge in [0, 0.05) is 12.4 Å². The Labute approximate surface area is 105 Å². The molecule has 0 unspecified atom stereocenters. The van der Waals surface area contributed by atoms with Gasteiger partial charge in [-0.15, -0.1) is 0 Å². The molecule has 1 heterocycles. The van der Waals surface area contributed by atoms with Crippen molar-refractivity contribution in [3.63, 3.8) is 0 Å². The molecule has 1 aliphatic carbocycles. The Morgan fingerprint density at radius 2 is 2.22 bits per heavy atom. The highest BCUT2D eigenvalue weighted by molar-refractivity contribution is 5.77. The van der Waals surface area contributed by atoms with Gasteiger partial charge in [-0.2, -0.15) is 4.98 Å². The van der Waals surface area contributed by atoms with Crippen molar-refractivity contribution < 1.29 is 9.53 Å². The smallest absolute Gasteiger partial charge is 0.374 e. The zero-order valence-corrected chi connectivity index (χ0v) is 10.1. The van der Waals surface area contributed by atoms with E-state index in [1.807, 2.05) is 0 Å². The van der Waals surface area contributed by atoms with Crippen molar-refractivity contribution in [1.29, 1.82) is 0 Å². The quantitative estimate of drug-likeness (QED) is 0.824. The molecule has 0 saturated heterocycles. The van der Waals surface area contributed by atoms with Gasteiger partial charge >= 0.3 is 12.1 Å². The van der Waals surface area contributed by atoms with Gasteiger partial charge in [-0.05, 0) is 18.9 Å². The van der Waals surface area contributed by atoms with E-state index in [9.17, 15) is 4.79 Å². The van der Waals surface area contributed by atoms with Gasteiger partial charge in [-0.25, -0.2) is 9.78 Å². The van der Waals surface area contributed by atoms with Crippen LogP contribution in [0.1, 0.15) is 37.8 Å². The summed E-state index contributed by atoms with van der Waals surface area (Å²) in [6.07, 6.45) is 8.33. The van der Waals surface area contributed by atoms with E-state index in [0.29, 0.717) is 11.7 Å². The molecule has 18 heavy (non-hydrogen) atoms. The van der Waals surface area contributed by atoms with E-state index in [1.54, 1.807) is 12.3 Å². The molecule has 6 nitrogen and oxygen atoms in total. The first-order valence-electron chi connectivity index (χ1n) is 6.07. The molecular formula is C12H16N4O2. The number of hydrogen-bond donors (Lipinski definition) is 1. The number of primary amides is 1. The van der Waals surface area contributed by atoms with Gasteiger partial charge < -0.3 is 10.5 Å². The normalized spacial score (nSPS) is 16.9. The van der Waals surface area contributed by atoms with Crippen molar-refractivity contribution in [3.8, 4) is 6.01 Å². The molecule has 1 saturated carbocycles. The minimum Gasteiger partial charge on any atom is -0.374 e. The number of ether oxygens (including phenoxy) is 1. The highest BCUT2D eigenvalue weighted by atomic mass is 16.6. The van der Waals surface area contributed by atoms with Crippen LogP contribution < -0.4 is 10.5 Å². The lowest BCUT2D eigenvalue weighted by Crippen LogP contribution is -2.18. The first kappa shape index (κ1) is 12.5. The number of nitrogens with two attached hydrogens (primary N) is 1. The summed E-state index contributed by atoms with van der Waals surface area (Å²) in [6.45, 7) is 0. The molecule has 0 aliphatic heterocycles. The van der Waals surface area contributed by atoms with Crippen molar-refractivity contribution in [1.82, 2.24) is 9.97 Å². The lowest BCUT2D eigenvalue weighted by atomic mass is 9.96. The number of nitrogens with zero attached hydrogens (tertiary/aromatic N) is 3. The number of aromatic nitrogens is 2. The zero-order valence-electron chi connectivity index (χ0n) is 10.1. The van der Waals surface area contributed by atoms with Crippen LogP contribution in [0.3, 0.4) is 0 Å². The second-order valence-corrected chi connectivity index (χ2v) is 4.26. The molecule has 0 radical (unpaired) electrons. The maximum Gasteiger partial charge on any atom is 0.412 e. The summed E-state index contributed by atoms with van der Waals surface area (Å²) in [5, 5.41) is 0. The maximum atomic E-state index is 10.6. The average Bonchev–Trinajstić information content (AvgIpc) is 2.37. The van der Waals surface area contributed by atoms with Gasteiger partial charge in [0.15, 0.2) is 0 Å². The van der Waals surface area contributed by atoms with E-state index in [2.05, 4.69) is 19.7 Å². The zero-order chi connectivity index (χ0) is 12.8. The molecular weight excluding hydrogens is 232 g/mol. The molecule has 0 atom stereocenters. The number of rotatable bonds is 3. The maximum absolute atomic E-state index is 10.6. The van der Waals surface area contributed by atoms with Gasteiger partial charge in [0.2, 0.25) is 0 Å². The summed E-state index contributed by atoms with van der Waals surface area (Å²) in [5.41, 5.74) is 5.51. The number of hydrogen-bond acceptors (Lipinski definition) is 5. The Kier molecular flexibility index (Phi) is 4.22. The fraction of sp³-hybridized carbons (Fsp3) is 0.500. The third-order valence-corrected chi connectivity index (χ3v) is 2.84. The second kappa shape index (κ2) is 6.09. The van der Waals surface area contributed by atoms with Crippen molar-refractivity contribution >= 4 is 12.3 Å². The van der Waals surface area contributed by atoms with Gasteiger partial charge in [-0.3, -0.25) is 4.99 Å². The number of carbonyl (C=O) groups is 1. The molecule has 1 fully saturated rings. The van der Waals surface area contributed by atoms with Gasteiger partial charge in [0.1, 0.15) is 0 Å². The van der Waals surface area contributed by atoms with Gasteiger partial charge in [0.25, 0.3) is 0 Å². The Balaban J connectivity index is 1.99. The van der Waals surface area contributed by atoms with Crippen molar-refractivity contribution in [3.05, 3.63) is 18.0 Å². The van der Waals surface area contributed by atoms with Crippen molar-refractivity contribution in [2.24, 2.45) is 10.7 Å². The van der Waals surface area contributed by atoms with Gasteiger partial charge in [-0.1, -0.05) is 19.3 Å². The molecule has 0 bridgehead atoms. The van der Waals surface area contributed by atoms with Crippen molar-refractivity contribution in [2.75, 3.05) is 0 Å². The minimum absolute atomic E-state index is 0.0462. The SMILES string of the molecule is NC(=O)Oc1nccc(C=NC2CCCCC2)n1. The molecule has 1 aromatic heterocycles. The fourth-order valence-electron chi connectivity index (χ4n) is 1.98. The van der Waals surface area contributed by atoms with Crippen LogP contribution in [0, 0.1) is 0 Å². The average molecular weight is 248 g/mol. The summed E-state index contributed by atoms with van der Waals surface area (Å²) >= 11 is 0. The molecule has 6 heteroatoms. The number of aliphatic imine (C=N–C) groups is 1. The van der Waals surface area contributed by atoms with Crippen LogP contribution in [-0.2, 0) is 0 Å². The lowest BCUT2D eigenvalue weighted by Gasteiger charge is -2.16. The molecule has 1 amide bonds. The molecule has 2 N–H and O–H groups in total. The molecule has 2 rings (SSSR count). The summed E-state index contributed by atoms with van der Waals surface area (Å²) < 4.78 is 4.60. The van der Waals surface area contributed by atoms with E-state index >= 15 is 0 Å². The summed E-state index contributed by atoms with van der Waals surface area (Å²) in [5.74, 6) is 0. The van der Waals surface area contributed by atoms with Crippen LogP contribution in [0.15, 0.2) is 17.3 Å². The fourth-order valence-corrected chi connectivity index (χ4v) is 1.98. The third kappa shape index (κ3) is 3.80. The standard InChI is InChI=1S/C12H16N4O2/c13-11(17)18-12-14-7-6-10(16-12)8-15-9-4-2-1-3-5-9/h6-9H,1-5H2,(H2,13,17). The molecule has 96 valence electrons. The van der Waals surface area contributed by atoms with Crippen LogP contribution >= 0.6 is 0 Å². The summed E-state index contributed by atoms with van der Waals surface area (Å²) in [6, 6.07) is 2.05. The first-order chi connectivity index (χ1) is 8.74. The van der Waals surface area contributed by atoms with E-state index in [4.69, 9.17) is 5.73 Å². The molecule has 1 aliphatic rings. The molecule has 0 aromatic carbocycles. The van der Waals surface area contributed by atoms with Crippen LogP contribution in [0.25, 0.3) is 0 Å². The number of carbonyl (C=O) groups excluding carboxylic acids is 1. The Bertz CT molecular complexity index is 441.